The van der Waals surface area contributed by atoms with Crippen LogP contribution in [-0.4, -0.2) is 46.4 Å². The van der Waals surface area contributed by atoms with Gasteiger partial charge in [0.1, 0.15) is 17.8 Å². The summed E-state index contributed by atoms with van der Waals surface area (Å²) in [5.74, 6) is 0.557. The molecule has 0 fully saturated rings. The summed E-state index contributed by atoms with van der Waals surface area (Å²) in [5.41, 5.74) is 2.53. The van der Waals surface area contributed by atoms with E-state index in [0.29, 0.717) is 18.1 Å². The van der Waals surface area contributed by atoms with Crippen LogP contribution in [0.5, 0.6) is 0 Å². The second-order valence-corrected chi connectivity index (χ2v) is 5.99. The number of hydrogen-bond donors (Lipinski definition) is 0. The van der Waals surface area contributed by atoms with Gasteiger partial charge in [-0.15, -0.1) is 0 Å². The van der Waals surface area contributed by atoms with E-state index in [1.807, 2.05) is 54.4 Å². The number of rotatable bonds is 6. The molecule has 0 unspecified atom stereocenters. The molecule has 1 amide bonds. The zero-order chi connectivity index (χ0) is 18.4. The van der Waals surface area contributed by atoms with Crippen molar-refractivity contribution in [2.24, 2.45) is 0 Å². The van der Waals surface area contributed by atoms with Crippen molar-refractivity contribution in [2.45, 2.75) is 6.42 Å². The van der Waals surface area contributed by atoms with Crippen molar-refractivity contribution in [1.82, 2.24) is 19.9 Å². The predicted octanol–water partition coefficient (Wildman–Crippen LogP) is 2.95. The number of para-hydroxylation sites is 1. The fraction of sp³-hybridized carbons (Fsp3) is 0.200. The average Bonchev–Trinajstić information content (AvgIpc) is 2.72. The van der Waals surface area contributed by atoms with E-state index in [-0.39, 0.29) is 5.91 Å². The number of carbonyl (C=O) groups excluding carboxylic acids is 1. The molecule has 0 radical (unpaired) electrons. The normalized spacial score (nSPS) is 10.4. The van der Waals surface area contributed by atoms with Crippen LogP contribution < -0.4 is 4.90 Å². The summed E-state index contributed by atoms with van der Waals surface area (Å²) in [6, 6.07) is 15.5. The number of aromatic nitrogens is 3. The van der Waals surface area contributed by atoms with Gasteiger partial charge in [-0.1, -0.05) is 18.2 Å². The number of likely N-dealkylation sites (N-methyl/N-ethyl adjacent to an activating group) is 1. The van der Waals surface area contributed by atoms with Gasteiger partial charge < -0.3 is 9.80 Å². The van der Waals surface area contributed by atoms with Crippen molar-refractivity contribution in [3.05, 3.63) is 78.5 Å². The fourth-order valence-electron chi connectivity index (χ4n) is 2.57. The van der Waals surface area contributed by atoms with Crippen LogP contribution in [0.4, 0.5) is 11.5 Å². The molecule has 3 rings (SSSR count). The second kappa shape index (κ2) is 8.20. The van der Waals surface area contributed by atoms with Crippen LogP contribution in [-0.2, 0) is 6.42 Å². The highest BCUT2D eigenvalue weighted by Gasteiger charge is 2.15. The number of carbonyl (C=O) groups is 1. The molecule has 0 atom stereocenters. The molecule has 0 aliphatic rings. The molecule has 3 aromatic rings. The van der Waals surface area contributed by atoms with E-state index >= 15 is 0 Å². The van der Waals surface area contributed by atoms with Crippen molar-refractivity contribution in [3.63, 3.8) is 0 Å². The molecular weight excluding hydrogens is 326 g/mol. The third-order valence-electron chi connectivity index (χ3n) is 4.19. The van der Waals surface area contributed by atoms with Crippen LogP contribution in [0.2, 0.25) is 0 Å². The van der Waals surface area contributed by atoms with Gasteiger partial charge in [0.05, 0.1) is 0 Å². The van der Waals surface area contributed by atoms with Crippen molar-refractivity contribution >= 4 is 17.4 Å². The number of nitrogens with zero attached hydrogens (tertiary/aromatic N) is 5. The minimum atomic E-state index is -0.121. The zero-order valence-corrected chi connectivity index (χ0v) is 14.9. The van der Waals surface area contributed by atoms with Crippen LogP contribution >= 0.6 is 0 Å². The summed E-state index contributed by atoms with van der Waals surface area (Å²) in [5, 5.41) is 0. The summed E-state index contributed by atoms with van der Waals surface area (Å²) < 4.78 is 0. The summed E-state index contributed by atoms with van der Waals surface area (Å²) >= 11 is 0. The molecule has 2 heterocycles. The van der Waals surface area contributed by atoms with Crippen LogP contribution in [0.1, 0.15) is 16.1 Å². The first-order valence-corrected chi connectivity index (χ1v) is 8.40. The highest BCUT2D eigenvalue weighted by Crippen LogP contribution is 2.21. The fourth-order valence-corrected chi connectivity index (χ4v) is 2.57. The molecule has 0 aliphatic heterocycles. The summed E-state index contributed by atoms with van der Waals surface area (Å²) in [4.78, 5) is 28.7. The maximum absolute atomic E-state index is 12.7. The Balaban J connectivity index is 1.69. The molecule has 0 bridgehead atoms. The topological polar surface area (TPSA) is 62.2 Å². The quantitative estimate of drug-likeness (QED) is 0.686. The van der Waals surface area contributed by atoms with Gasteiger partial charge in [0.25, 0.3) is 5.91 Å². The molecule has 0 N–H and O–H groups in total. The standard InChI is InChI=1S/C20H21N5O/c1-24(13-10-16-8-11-21-12-9-16)20(26)18-14-19(23-15-22-18)25(2)17-6-4-3-5-7-17/h3-9,11-12,14-15H,10,13H2,1-2H3. The van der Waals surface area contributed by atoms with Crippen LogP contribution in [0.25, 0.3) is 0 Å². The number of amides is 1. The van der Waals surface area contributed by atoms with Gasteiger partial charge >= 0.3 is 0 Å². The first-order valence-electron chi connectivity index (χ1n) is 8.40. The molecule has 0 aliphatic carbocycles. The van der Waals surface area contributed by atoms with Crippen molar-refractivity contribution in [3.8, 4) is 0 Å². The Labute approximate surface area is 153 Å². The molecule has 0 saturated heterocycles. The monoisotopic (exact) mass is 347 g/mol. The lowest BCUT2D eigenvalue weighted by atomic mass is 10.2. The summed E-state index contributed by atoms with van der Waals surface area (Å²) in [6.07, 6.45) is 5.71. The Kier molecular flexibility index (Phi) is 5.53. The van der Waals surface area contributed by atoms with Crippen LogP contribution in [0.3, 0.4) is 0 Å². The van der Waals surface area contributed by atoms with Crippen LogP contribution in [0.15, 0.2) is 67.3 Å². The first-order chi connectivity index (χ1) is 12.6. The smallest absolute Gasteiger partial charge is 0.272 e. The van der Waals surface area contributed by atoms with E-state index in [2.05, 4.69) is 15.0 Å². The van der Waals surface area contributed by atoms with Crippen LogP contribution in [0, 0.1) is 0 Å². The molecule has 26 heavy (non-hydrogen) atoms. The summed E-state index contributed by atoms with van der Waals surface area (Å²) in [6.45, 7) is 0.608. The molecule has 132 valence electrons. The van der Waals surface area contributed by atoms with Crippen molar-refractivity contribution in [2.75, 3.05) is 25.5 Å². The lowest BCUT2D eigenvalue weighted by molar-refractivity contribution is 0.0790. The molecule has 0 saturated carbocycles. The minimum Gasteiger partial charge on any atom is -0.340 e. The van der Waals surface area contributed by atoms with E-state index in [4.69, 9.17) is 0 Å². The second-order valence-electron chi connectivity index (χ2n) is 5.99. The van der Waals surface area contributed by atoms with Gasteiger partial charge in [-0.25, -0.2) is 9.97 Å². The predicted molar refractivity (Wildman–Crippen MR) is 101 cm³/mol. The zero-order valence-electron chi connectivity index (χ0n) is 14.9. The highest BCUT2D eigenvalue weighted by molar-refractivity contribution is 5.92. The highest BCUT2D eigenvalue weighted by atomic mass is 16.2. The number of pyridine rings is 1. The van der Waals surface area contributed by atoms with Gasteiger partial charge in [-0.3, -0.25) is 9.78 Å². The maximum Gasteiger partial charge on any atom is 0.272 e. The molecular formula is C20H21N5O. The van der Waals surface area contributed by atoms with E-state index in [9.17, 15) is 4.79 Å². The molecule has 1 aromatic carbocycles. The first kappa shape index (κ1) is 17.5. The van der Waals surface area contributed by atoms with E-state index in [0.717, 1.165) is 17.7 Å². The Hall–Kier alpha value is -3.28. The maximum atomic E-state index is 12.7. The van der Waals surface area contributed by atoms with E-state index < -0.39 is 0 Å². The third kappa shape index (κ3) is 4.22. The number of benzene rings is 1. The minimum absolute atomic E-state index is 0.121. The van der Waals surface area contributed by atoms with E-state index in [1.165, 1.54) is 6.33 Å². The van der Waals surface area contributed by atoms with Crippen molar-refractivity contribution < 1.29 is 4.79 Å². The van der Waals surface area contributed by atoms with Gasteiger partial charge in [0.15, 0.2) is 0 Å². The lowest BCUT2D eigenvalue weighted by Gasteiger charge is -2.20. The molecule has 2 aromatic heterocycles. The Morgan fingerprint density at radius 3 is 2.46 bits per heavy atom. The van der Waals surface area contributed by atoms with Crippen molar-refractivity contribution in [1.29, 1.82) is 0 Å². The Bertz CT molecular complexity index is 854. The number of hydrogen-bond acceptors (Lipinski definition) is 5. The average molecular weight is 347 g/mol. The SMILES string of the molecule is CN(CCc1ccncc1)C(=O)c1cc(N(C)c2ccccc2)ncn1. The van der Waals surface area contributed by atoms with Gasteiger partial charge in [-0.05, 0) is 36.2 Å². The number of anilines is 2. The third-order valence-corrected chi connectivity index (χ3v) is 4.19. The van der Waals surface area contributed by atoms with Gasteiger partial charge in [-0.2, -0.15) is 0 Å². The lowest BCUT2D eigenvalue weighted by Crippen LogP contribution is -2.29. The Morgan fingerprint density at radius 2 is 1.73 bits per heavy atom. The Morgan fingerprint density at radius 1 is 1.00 bits per heavy atom. The van der Waals surface area contributed by atoms with Gasteiger partial charge in [0.2, 0.25) is 0 Å². The van der Waals surface area contributed by atoms with E-state index in [1.54, 1.807) is 30.4 Å². The molecule has 0 spiro atoms. The molecule has 6 nitrogen and oxygen atoms in total. The molecule has 6 heteroatoms. The largest absolute Gasteiger partial charge is 0.340 e. The summed E-state index contributed by atoms with van der Waals surface area (Å²) in [7, 11) is 3.70. The van der Waals surface area contributed by atoms with Gasteiger partial charge in [0, 0.05) is 44.8 Å².